The summed E-state index contributed by atoms with van der Waals surface area (Å²) in [6.45, 7) is 6.49. The molecular formula is C62H108O6. The molecule has 6 nitrogen and oxygen atoms in total. The zero-order valence-electron chi connectivity index (χ0n) is 44.9. The van der Waals surface area contributed by atoms with Gasteiger partial charge in [-0.3, -0.25) is 14.4 Å². The molecule has 68 heavy (non-hydrogen) atoms. The minimum Gasteiger partial charge on any atom is -0.462 e. The molecule has 0 spiro atoms. The Balaban J connectivity index is 4.39. The highest BCUT2D eigenvalue weighted by Crippen LogP contribution is 2.16. The molecule has 0 saturated heterocycles. The van der Waals surface area contributed by atoms with Crippen molar-refractivity contribution in [2.45, 2.75) is 290 Å². The van der Waals surface area contributed by atoms with E-state index in [0.29, 0.717) is 19.3 Å². The van der Waals surface area contributed by atoms with Crippen molar-refractivity contribution in [3.05, 3.63) is 72.9 Å². The number of rotatable bonds is 52. The fourth-order valence-corrected chi connectivity index (χ4v) is 8.11. The van der Waals surface area contributed by atoms with Gasteiger partial charge in [-0.2, -0.15) is 0 Å². The first kappa shape index (κ1) is 64.8. The molecule has 0 heterocycles. The van der Waals surface area contributed by atoms with Gasteiger partial charge in [-0.25, -0.2) is 0 Å². The molecule has 0 unspecified atom stereocenters. The summed E-state index contributed by atoms with van der Waals surface area (Å²) in [6.07, 6.45) is 71.8. The molecule has 0 aliphatic carbocycles. The number of carbonyl (C=O) groups is 3. The molecule has 392 valence electrons. The van der Waals surface area contributed by atoms with Crippen molar-refractivity contribution in [2.75, 3.05) is 13.2 Å². The van der Waals surface area contributed by atoms with E-state index in [0.717, 1.165) is 103 Å². The summed E-state index contributed by atoms with van der Waals surface area (Å²) in [5.74, 6) is -0.920. The average molecular weight is 950 g/mol. The second kappa shape index (κ2) is 56.4. The van der Waals surface area contributed by atoms with Crippen LogP contribution in [0.15, 0.2) is 72.9 Å². The molecule has 0 amide bonds. The fourth-order valence-electron chi connectivity index (χ4n) is 8.11. The molecule has 0 bridgehead atoms. The standard InChI is InChI=1S/C62H108O6/c1-4-7-10-13-16-19-22-25-27-29-31-33-35-37-40-43-46-49-52-55-61(64)67-58-59(57-66-60(63)54-51-48-45-42-39-24-21-18-15-12-9-6-3)68-62(65)56-53-50-47-44-41-38-36-34-32-30-28-26-23-20-17-14-11-8-5-2/h7,10,16,18-19,21,25,27,31,33,37,40,59H,4-6,8-9,11-15,17,20,22-24,26,28-30,32,34-36,38-39,41-58H2,1-3H3/b10-7-,19-16-,21-18-,27-25-,33-31-,40-37-/t59-/m1/s1. The van der Waals surface area contributed by atoms with Crippen LogP contribution in [0.3, 0.4) is 0 Å². The Morgan fingerprint density at radius 1 is 0.309 bits per heavy atom. The number of unbranched alkanes of at least 4 members (excludes halogenated alkanes) is 29. The first-order valence-corrected chi connectivity index (χ1v) is 28.9. The van der Waals surface area contributed by atoms with Crippen LogP contribution in [0.5, 0.6) is 0 Å². The maximum Gasteiger partial charge on any atom is 0.306 e. The van der Waals surface area contributed by atoms with Gasteiger partial charge in [0.1, 0.15) is 13.2 Å². The van der Waals surface area contributed by atoms with Crippen molar-refractivity contribution in [2.24, 2.45) is 0 Å². The quantitative estimate of drug-likeness (QED) is 0.0262. The molecule has 0 N–H and O–H groups in total. The largest absolute Gasteiger partial charge is 0.462 e. The van der Waals surface area contributed by atoms with E-state index in [1.165, 1.54) is 141 Å². The van der Waals surface area contributed by atoms with Crippen LogP contribution in [0.4, 0.5) is 0 Å². The van der Waals surface area contributed by atoms with Crippen molar-refractivity contribution in [1.82, 2.24) is 0 Å². The van der Waals surface area contributed by atoms with Gasteiger partial charge in [-0.1, -0.05) is 248 Å². The van der Waals surface area contributed by atoms with E-state index >= 15 is 0 Å². The van der Waals surface area contributed by atoms with E-state index in [2.05, 4.69) is 93.7 Å². The number of allylic oxidation sites excluding steroid dienone is 12. The van der Waals surface area contributed by atoms with Crippen LogP contribution in [0, 0.1) is 0 Å². The lowest BCUT2D eigenvalue weighted by atomic mass is 10.0. The van der Waals surface area contributed by atoms with Crippen molar-refractivity contribution >= 4 is 17.9 Å². The predicted octanol–water partition coefficient (Wildman–Crippen LogP) is 19.4. The average Bonchev–Trinajstić information content (AvgIpc) is 3.34. The highest BCUT2D eigenvalue weighted by atomic mass is 16.6. The number of hydrogen-bond donors (Lipinski definition) is 0. The zero-order valence-corrected chi connectivity index (χ0v) is 44.9. The third-order valence-electron chi connectivity index (χ3n) is 12.4. The summed E-state index contributed by atoms with van der Waals surface area (Å²) in [6, 6.07) is 0. The molecule has 0 fully saturated rings. The number of hydrogen-bond acceptors (Lipinski definition) is 6. The lowest BCUT2D eigenvalue weighted by Crippen LogP contribution is -2.30. The molecule has 0 aliphatic heterocycles. The predicted molar refractivity (Wildman–Crippen MR) is 293 cm³/mol. The van der Waals surface area contributed by atoms with Crippen molar-refractivity contribution < 1.29 is 28.6 Å². The minimum absolute atomic E-state index is 0.0884. The molecule has 1 atom stereocenters. The Morgan fingerprint density at radius 3 is 0.956 bits per heavy atom. The van der Waals surface area contributed by atoms with Gasteiger partial charge in [0.25, 0.3) is 0 Å². The summed E-state index contributed by atoms with van der Waals surface area (Å²) < 4.78 is 16.8. The maximum atomic E-state index is 12.9. The van der Waals surface area contributed by atoms with Gasteiger partial charge < -0.3 is 14.2 Å². The van der Waals surface area contributed by atoms with E-state index in [9.17, 15) is 14.4 Å². The van der Waals surface area contributed by atoms with E-state index in [-0.39, 0.29) is 31.1 Å². The van der Waals surface area contributed by atoms with Crippen LogP contribution in [0.1, 0.15) is 284 Å². The normalized spacial score (nSPS) is 12.6. The van der Waals surface area contributed by atoms with Gasteiger partial charge in [0, 0.05) is 19.3 Å². The summed E-state index contributed by atoms with van der Waals surface area (Å²) in [5.41, 5.74) is 0. The smallest absolute Gasteiger partial charge is 0.306 e. The first-order chi connectivity index (χ1) is 33.5. The van der Waals surface area contributed by atoms with E-state index in [1.807, 2.05) is 0 Å². The second-order valence-electron chi connectivity index (χ2n) is 19.2. The molecule has 6 heteroatoms. The van der Waals surface area contributed by atoms with Gasteiger partial charge in [0.2, 0.25) is 0 Å². The Hall–Kier alpha value is -3.15. The third kappa shape index (κ3) is 53.8. The van der Waals surface area contributed by atoms with Gasteiger partial charge >= 0.3 is 17.9 Å². The van der Waals surface area contributed by atoms with Crippen LogP contribution >= 0.6 is 0 Å². The maximum absolute atomic E-state index is 12.9. The van der Waals surface area contributed by atoms with E-state index in [1.54, 1.807) is 0 Å². The van der Waals surface area contributed by atoms with Gasteiger partial charge in [-0.15, -0.1) is 0 Å². The van der Waals surface area contributed by atoms with Gasteiger partial charge in [0.05, 0.1) is 0 Å². The van der Waals surface area contributed by atoms with Crippen LogP contribution in [0.2, 0.25) is 0 Å². The van der Waals surface area contributed by atoms with E-state index < -0.39 is 6.10 Å². The molecule has 0 aliphatic rings. The molecule has 0 rings (SSSR count). The molecule has 0 saturated carbocycles. The summed E-state index contributed by atoms with van der Waals surface area (Å²) in [7, 11) is 0. The molecule has 0 aromatic rings. The third-order valence-corrected chi connectivity index (χ3v) is 12.4. The lowest BCUT2D eigenvalue weighted by molar-refractivity contribution is -0.167. The number of esters is 3. The first-order valence-electron chi connectivity index (χ1n) is 28.9. The lowest BCUT2D eigenvalue weighted by Gasteiger charge is -2.18. The zero-order chi connectivity index (χ0) is 49.3. The fraction of sp³-hybridized carbons (Fsp3) is 0.758. The van der Waals surface area contributed by atoms with Crippen LogP contribution in [-0.2, 0) is 28.6 Å². The number of ether oxygens (including phenoxy) is 3. The summed E-state index contributed by atoms with van der Waals surface area (Å²) in [5, 5.41) is 0. The summed E-state index contributed by atoms with van der Waals surface area (Å²) >= 11 is 0. The van der Waals surface area contributed by atoms with Gasteiger partial charge in [0.15, 0.2) is 6.10 Å². The van der Waals surface area contributed by atoms with Crippen LogP contribution in [0.25, 0.3) is 0 Å². The molecule has 0 aromatic carbocycles. The summed E-state index contributed by atoms with van der Waals surface area (Å²) in [4.78, 5) is 38.1. The topological polar surface area (TPSA) is 78.9 Å². The van der Waals surface area contributed by atoms with Crippen molar-refractivity contribution in [1.29, 1.82) is 0 Å². The monoisotopic (exact) mass is 949 g/mol. The Kier molecular flexibility index (Phi) is 53.8. The Bertz CT molecular complexity index is 1270. The van der Waals surface area contributed by atoms with Crippen LogP contribution < -0.4 is 0 Å². The van der Waals surface area contributed by atoms with Crippen LogP contribution in [-0.4, -0.2) is 37.2 Å². The molecule has 0 aromatic heterocycles. The number of carbonyl (C=O) groups excluding carboxylic acids is 3. The van der Waals surface area contributed by atoms with Crippen molar-refractivity contribution in [3.63, 3.8) is 0 Å². The Morgan fingerprint density at radius 2 is 0.574 bits per heavy atom. The SMILES string of the molecule is CC/C=C\C/C=C\C/C=C\C/C=C\C/C=C\CCCCCC(=O)OC[C@@H](COC(=O)CCCCCCC/C=C\CCCCC)OC(=O)CCCCCCCCCCCCCCCCCCCCC. The van der Waals surface area contributed by atoms with Gasteiger partial charge in [-0.05, 0) is 89.9 Å². The second-order valence-corrected chi connectivity index (χ2v) is 19.2. The molecule has 0 radical (unpaired) electrons. The highest BCUT2D eigenvalue weighted by molar-refractivity contribution is 5.71. The van der Waals surface area contributed by atoms with Crippen molar-refractivity contribution in [3.8, 4) is 0 Å². The Labute approximate surface area is 421 Å². The molecular weight excluding hydrogens is 841 g/mol. The van der Waals surface area contributed by atoms with E-state index in [4.69, 9.17) is 14.2 Å². The highest BCUT2D eigenvalue weighted by Gasteiger charge is 2.19. The minimum atomic E-state index is -0.791.